The molecule has 1 saturated heterocycles. The standard InChI is InChI=1S/C16H25ClN4O2/c1-11(2)21(9-12(3)22)16(23)19-13-6-8-20(10-13)15-14(17)5-4-7-18-15/h4-5,7,11-13,22H,6,8-10H2,1-3H3,(H,19,23). The normalized spacial score (nSPS) is 19.0. The molecular weight excluding hydrogens is 316 g/mol. The third-order valence-corrected chi connectivity index (χ3v) is 4.19. The van der Waals surface area contributed by atoms with Crippen molar-refractivity contribution >= 4 is 23.4 Å². The van der Waals surface area contributed by atoms with Crippen LogP contribution in [0.5, 0.6) is 0 Å². The summed E-state index contributed by atoms with van der Waals surface area (Å²) < 4.78 is 0. The second-order valence-electron chi connectivity index (χ2n) is 6.29. The van der Waals surface area contributed by atoms with E-state index >= 15 is 0 Å². The Morgan fingerprint density at radius 1 is 1.57 bits per heavy atom. The van der Waals surface area contributed by atoms with Crippen molar-refractivity contribution in [1.29, 1.82) is 0 Å². The molecule has 1 fully saturated rings. The number of nitrogens with one attached hydrogen (secondary N) is 1. The summed E-state index contributed by atoms with van der Waals surface area (Å²) in [5, 5.41) is 13.2. The van der Waals surface area contributed by atoms with E-state index in [0.717, 1.165) is 18.8 Å². The number of hydrogen-bond donors (Lipinski definition) is 2. The molecule has 1 aliphatic rings. The molecule has 2 atom stereocenters. The fourth-order valence-electron chi connectivity index (χ4n) is 2.75. The zero-order valence-electron chi connectivity index (χ0n) is 13.9. The van der Waals surface area contributed by atoms with Gasteiger partial charge in [-0.1, -0.05) is 11.6 Å². The van der Waals surface area contributed by atoms with Crippen LogP contribution >= 0.6 is 11.6 Å². The molecule has 128 valence electrons. The number of urea groups is 1. The van der Waals surface area contributed by atoms with Crippen molar-refractivity contribution in [3.05, 3.63) is 23.4 Å². The summed E-state index contributed by atoms with van der Waals surface area (Å²) in [6.45, 7) is 7.38. The van der Waals surface area contributed by atoms with E-state index in [4.69, 9.17) is 11.6 Å². The molecule has 1 aliphatic heterocycles. The molecule has 2 rings (SSSR count). The van der Waals surface area contributed by atoms with Gasteiger partial charge in [-0.3, -0.25) is 0 Å². The number of halogens is 1. The number of nitrogens with zero attached hydrogens (tertiary/aromatic N) is 3. The SMILES string of the molecule is CC(O)CN(C(=O)NC1CCN(c2ncccc2Cl)C1)C(C)C. The van der Waals surface area contributed by atoms with Crippen LogP contribution in [-0.4, -0.2) is 58.8 Å². The van der Waals surface area contributed by atoms with Crippen LogP contribution in [0, 0.1) is 0 Å². The highest BCUT2D eigenvalue weighted by atomic mass is 35.5. The van der Waals surface area contributed by atoms with E-state index in [-0.39, 0.29) is 18.1 Å². The van der Waals surface area contributed by atoms with Gasteiger partial charge in [0.15, 0.2) is 0 Å². The third-order valence-electron chi connectivity index (χ3n) is 3.90. The van der Waals surface area contributed by atoms with Gasteiger partial charge in [-0.25, -0.2) is 9.78 Å². The zero-order chi connectivity index (χ0) is 17.0. The maximum atomic E-state index is 12.4. The number of pyridine rings is 1. The van der Waals surface area contributed by atoms with Crippen molar-refractivity contribution in [2.24, 2.45) is 0 Å². The number of aliphatic hydroxyl groups is 1. The lowest BCUT2D eigenvalue weighted by molar-refractivity contribution is 0.117. The van der Waals surface area contributed by atoms with E-state index in [9.17, 15) is 9.90 Å². The van der Waals surface area contributed by atoms with Gasteiger partial charge < -0.3 is 20.2 Å². The minimum Gasteiger partial charge on any atom is -0.392 e. The first-order chi connectivity index (χ1) is 10.9. The predicted molar refractivity (Wildman–Crippen MR) is 91.9 cm³/mol. The first kappa shape index (κ1) is 17.8. The predicted octanol–water partition coefficient (Wildman–Crippen LogP) is 2.11. The maximum absolute atomic E-state index is 12.4. The minimum absolute atomic E-state index is 0.0346. The van der Waals surface area contributed by atoms with Crippen LogP contribution in [-0.2, 0) is 0 Å². The Labute approximate surface area is 142 Å². The lowest BCUT2D eigenvalue weighted by Gasteiger charge is -2.29. The molecule has 0 radical (unpaired) electrons. The summed E-state index contributed by atoms with van der Waals surface area (Å²) in [5.74, 6) is 0.760. The number of rotatable bonds is 5. The van der Waals surface area contributed by atoms with Crippen LogP contribution in [0.15, 0.2) is 18.3 Å². The number of aliphatic hydroxyl groups excluding tert-OH is 1. The Bertz CT molecular complexity index is 539. The number of carbonyl (C=O) groups excluding carboxylic acids is 1. The summed E-state index contributed by atoms with van der Waals surface area (Å²) >= 11 is 6.18. The largest absolute Gasteiger partial charge is 0.392 e. The minimum atomic E-state index is -0.546. The van der Waals surface area contributed by atoms with Gasteiger partial charge in [0.05, 0.1) is 11.1 Å². The second-order valence-corrected chi connectivity index (χ2v) is 6.69. The van der Waals surface area contributed by atoms with E-state index in [1.165, 1.54) is 0 Å². The topological polar surface area (TPSA) is 68.7 Å². The van der Waals surface area contributed by atoms with Gasteiger partial charge in [-0.2, -0.15) is 0 Å². The van der Waals surface area contributed by atoms with Crippen LogP contribution < -0.4 is 10.2 Å². The summed E-state index contributed by atoms with van der Waals surface area (Å²) in [5.41, 5.74) is 0. The average molecular weight is 341 g/mol. The molecule has 2 amide bonds. The molecule has 1 aromatic heterocycles. The molecule has 0 bridgehead atoms. The first-order valence-corrected chi connectivity index (χ1v) is 8.37. The maximum Gasteiger partial charge on any atom is 0.317 e. The molecule has 0 aliphatic carbocycles. The first-order valence-electron chi connectivity index (χ1n) is 7.99. The van der Waals surface area contributed by atoms with E-state index in [1.54, 1.807) is 24.1 Å². The highest BCUT2D eigenvalue weighted by Crippen LogP contribution is 2.25. The summed E-state index contributed by atoms with van der Waals surface area (Å²) in [6, 6.07) is 3.57. The van der Waals surface area contributed by atoms with Gasteiger partial charge in [0, 0.05) is 37.9 Å². The van der Waals surface area contributed by atoms with Crippen LogP contribution in [0.25, 0.3) is 0 Å². The van der Waals surface area contributed by atoms with Crippen molar-refractivity contribution in [2.75, 3.05) is 24.5 Å². The Morgan fingerprint density at radius 3 is 2.91 bits per heavy atom. The number of amides is 2. The quantitative estimate of drug-likeness (QED) is 0.861. The van der Waals surface area contributed by atoms with Crippen LogP contribution in [0.2, 0.25) is 5.02 Å². The lowest BCUT2D eigenvalue weighted by atomic mass is 10.2. The highest BCUT2D eigenvalue weighted by molar-refractivity contribution is 6.32. The van der Waals surface area contributed by atoms with E-state index in [1.807, 2.05) is 19.9 Å². The fraction of sp³-hybridized carbons (Fsp3) is 0.625. The molecule has 23 heavy (non-hydrogen) atoms. The van der Waals surface area contributed by atoms with Crippen molar-refractivity contribution in [1.82, 2.24) is 15.2 Å². The van der Waals surface area contributed by atoms with Gasteiger partial charge in [0.1, 0.15) is 5.82 Å². The molecule has 2 N–H and O–H groups in total. The smallest absolute Gasteiger partial charge is 0.317 e. The molecule has 0 spiro atoms. The second kappa shape index (κ2) is 7.84. The van der Waals surface area contributed by atoms with E-state index in [0.29, 0.717) is 18.1 Å². The Morgan fingerprint density at radius 2 is 2.30 bits per heavy atom. The van der Waals surface area contributed by atoms with Gasteiger partial charge in [-0.05, 0) is 39.3 Å². The van der Waals surface area contributed by atoms with Crippen LogP contribution in [0.3, 0.4) is 0 Å². The third kappa shape index (κ3) is 4.72. The van der Waals surface area contributed by atoms with Gasteiger partial charge in [0.25, 0.3) is 0 Å². The van der Waals surface area contributed by atoms with E-state index < -0.39 is 6.10 Å². The Kier molecular flexibility index (Phi) is 6.07. The Balaban J connectivity index is 1.94. The summed E-state index contributed by atoms with van der Waals surface area (Å²) in [4.78, 5) is 20.5. The molecule has 0 aromatic carbocycles. The van der Waals surface area contributed by atoms with Crippen LogP contribution in [0.1, 0.15) is 27.2 Å². The number of anilines is 1. The molecule has 6 nitrogen and oxygen atoms in total. The molecule has 2 heterocycles. The zero-order valence-corrected chi connectivity index (χ0v) is 14.6. The van der Waals surface area contributed by atoms with Gasteiger partial charge >= 0.3 is 6.03 Å². The average Bonchev–Trinajstić information content (AvgIpc) is 2.93. The fourth-order valence-corrected chi connectivity index (χ4v) is 2.99. The van der Waals surface area contributed by atoms with Crippen molar-refractivity contribution in [3.63, 3.8) is 0 Å². The van der Waals surface area contributed by atoms with Crippen molar-refractivity contribution in [3.8, 4) is 0 Å². The molecule has 7 heteroatoms. The lowest BCUT2D eigenvalue weighted by Crippen LogP contribution is -2.50. The van der Waals surface area contributed by atoms with Gasteiger partial charge in [-0.15, -0.1) is 0 Å². The number of aromatic nitrogens is 1. The molecule has 2 unspecified atom stereocenters. The van der Waals surface area contributed by atoms with Gasteiger partial charge in [0.2, 0.25) is 0 Å². The number of carbonyl (C=O) groups is 1. The molecule has 0 saturated carbocycles. The summed E-state index contributed by atoms with van der Waals surface area (Å²) in [7, 11) is 0. The van der Waals surface area contributed by atoms with Crippen molar-refractivity contribution in [2.45, 2.75) is 45.4 Å². The monoisotopic (exact) mass is 340 g/mol. The number of hydrogen-bond acceptors (Lipinski definition) is 4. The van der Waals surface area contributed by atoms with Crippen LogP contribution in [0.4, 0.5) is 10.6 Å². The molecular formula is C16H25ClN4O2. The van der Waals surface area contributed by atoms with E-state index in [2.05, 4.69) is 15.2 Å². The van der Waals surface area contributed by atoms with Crippen molar-refractivity contribution < 1.29 is 9.90 Å². The Hall–Kier alpha value is -1.53. The highest BCUT2D eigenvalue weighted by Gasteiger charge is 2.28. The summed E-state index contributed by atoms with van der Waals surface area (Å²) in [6.07, 6.45) is 2.02. The molecule has 1 aromatic rings.